The van der Waals surface area contributed by atoms with E-state index < -0.39 is 0 Å². The number of rotatable bonds is 5. The zero-order valence-corrected chi connectivity index (χ0v) is 18.5. The third kappa shape index (κ3) is 3.76. The molecular formula is C26H16N4O3S. The monoisotopic (exact) mass is 464 g/mol. The van der Waals surface area contributed by atoms with Crippen LogP contribution in [0.4, 0.5) is 6.01 Å². The van der Waals surface area contributed by atoms with E-state index >= 15 is 0 Å². The van der Waals surface area contributed by atoms with E-state index in [0.717, 1.165) is 22.1 Å². The first-order valence-corrected chi connectivity index (χ1v) is 11.4. The van der Waals surface area contributed by atoms with Crippen LogP contribution in [0.5, 0.6) is 0 Å². The molecule has 0 radical (unpaired) electrons. The molecule has 0 fully saturated rings. The average molecular weight is 465 g/mol. The van der Waals surface area contributed by atoms with Gasteiger partial charge in [0.1, 0.15) is 0 Å². The van der Waals surface area contributed by atoms with Gasteiger partial charge >= 0.3 is 6.01 Å². The molecule has 2 aromatic carbocycles. The molecule has 6 rings (SSSR count). The fourth-order valence-corrected chi connectivity index (χ4v) is 4.38. The van der Waals surface area contributed by atoms with Crippen LogP contribution in [0.1, 0.15) is 10.4 Å². The molecule has 34 heavy (non-hydrogen) atoms. The quantitative estimate of drug-likeness (QED) is 0.312. The summed E-state index contributed by atoms with van der Waals surface area (Å²) in [6.45, 7) is 0. The van der Waals surface area contributed by atoms with Crippen molar-refractivity contribution in [2.24, 2.45) is 0 Å². The molecule has 6 aromatic rings. The molecule has 0 atom stereocenters. The average Bonchev–Trinajstić information content (AvgIpc) is 3.66. The summed E-state index contributed by atoms with van der Waals surface area (Å²) in [4.78, 5) is 18.2. The molecule has 164 valence electrons. The summed E-state index contributed by atoms with van der Waals surface area (Å²) in [6, 6.07) is 22.9. The predicted molar refractivity (Wildman–Crippen MR) is 130 cm³/mol. The van der Waals surface area contributed by atoms with E-state index in [2.05, 4.69) is 20.9 Å². The zero-order valence-electron chi connectivity index (χ0n) is 17.6. The van der Waals surface area contributed by atoms with Gasteiger partial charge in [0.25, 0.3) is 11.8 Å². The summed E-state index contributed by atoms with van der Waals surface area (Å²) >= 11 is 1.62. The molecule has 0 unspecified atom stereocenters. The second-order valence-electron chi connectivity index (χ2n) is 7.51. The number of nitrogens with one attached hydrogen (secondary N) is 1. The molecule has 0 aliphatic heterocycles. The summed E-state index contributed by atoms with van der Waals surface area (Å²) in [5, 5.41) is 15.4. The Bertz CT molecular complexity index is 1590. The maximum atomic E-state index is 13.4. The number of anilines is 1. The minimum atomic E-state index is -0.373. The Morgan fingerprint density at radius 1 is 0.882 bits per heavy atom. The van der Waals surface area contributed by atoms with E-state index in [1.807, 2.05) is 60.0 Å². The van der Waals surface area contributed by atoms with Gasteiger partial charge in [0.2, 0.25) is 0 Å². The molecule has 4 heterocycles. The Morgan fingerprint density at radius 3 is 2.59 bits per heavy atom. The maximum Gasteiger partial charge on any atom is 0.322 e. The van der Waals surface area contributed by atoms with Crippen LogP contribution in [0.2, 0.25) is 0 Å². The Balaban J connectivity index is 1.44. The Labute approximate surface area is 197 Å². The first-order valence-electron chi connectivity index (χ1n) is 10.5. The molecule has 8 heteroatoms. The van der Waals surface area contributed by atoms with Gasteiger partial charge in [0.05, 0.1) is 23.0 Å². The number of aromatic nitrogens is 3. The van der Waals surface area contributed by atoms with Gasteiger partial charge in [-0.3, -0.25) is 10.1 Å². The smallest absolute Gasteiger partial charge is 0.322 e. The minimum absolute atomic E-state index is 0.0170. The van der Waals surface area contributed by atoms with Crippen LogP contribution in [-0.4, -0.2) is 21.1 Å². The highest BCUT2D eigenvalue weighted by molar-refractivity contribution is 7.08. The lowest BCUT2D eigenvalue weighted by molar-refractivity contribution is 0.102. The summed E-state index contributed by atoms with van der Waals surface area (Å²) in [5.74, 6) is 0.237. The van der Waals surface area contributed by atoms with Gasteiger partial charge in [-0.15, -0.1) is 5.10 Å². The van der Waals surface area contributed by atoms with E-state index in [1.54, 1.807) is 29.5 Å². The van der Waals surface area contributed by atoms with Gasteiger partial charge in [-0.25, -0.2) is 4.98 Å². The van der Waals surface area contributed by atoms with Gasteiger partial charge in [-0.2, -0.15) is 11.3 Å². The summed E-state index contributed by atoms with van der Waals surface area (Å²) in [5.41, 5.74) is 4.88. The molecular weight excluding hydrogens is 448 g/mol. The number of fused-ring (bicyclic) bond motifs is 1. The largest absolute Gasteiger partial charge is 0.459 e. The van der Waals surface area contributed by atoms with Gasteiger partial charge < -0.3 is 8.83 Å². The SMILES string of the molecule is O=C(Nc1nnc(-c2ccco2)o1)c1cc(-c2ccccc2)nc2ccc(-c3ccsc3)cc12. The van der Waals surface area contributed by atoms with Gasteiger partial charge in [-0.05, 0) is 58.3 Å². The number of pyridine rings is 1. The zero-order chi connectivity index (χ0) is 22.9. The predicted octanol–water partition coefficient (Wildman–Crippen LogP) is 6.53. The van der Waals surface area contributed by atoms with E-state index in [1.165, 1.54) is 6.26 Å². The summed E-state index contributed by atoms with van der Waals surface area (Å²) in [7, 11) is 0. The highest BCUT2D eigenvalue weighted by Crippen LogP contribution is 2.31. The van der Waals surface area contributed by atoms with Gasteiger partial charge in [0.15, 0.2) is 5.76 Å². The number of furan rings is 1. The Morgan fingerprint density at radius 2 is 1.79 bits per heavy atom. The van der Waals surface area contributed by atoms with Crippen molar-refractivity contribution in [1.29, 1.82) is 0 Å². The molecule has 1 amide bonds. The highest BCUT2D eigenvalue weighted by atomic mass is 32.1. The molecule has 0 saturated carbocycles. The first-order chi connectivity index (χ1) is 16.7. The molecule has 1 N–H and O–H groups in total. The van der Waals surface area contributed by atoms with Gasteiger partial charge in [0, 0.05) is 10.9 Å². The third-order valence-electron chi connectivity index (χ3n) is 5.35. The van der Waals surface area contributed by atoms with E-state index in [-0.39, 0.29) is 17.8 Å². The number of carbonyl (C=O) groups is 1. The molecule has 0 bridgehead atoms. The van der Waals surface area contributed by atoms with Crippen LogP contribution in [0.3, 0.4) is 0 Å². The minimum Gasteiger partial charge on any atom is -0.459 e. The number of carbonyl (C=O) groups excluding carboxylic acids is 1. The number of amides is 1. The van der Waals surface area contributed by atoms with E-state index in [9.17, 15) is 4.79 Å². The first kappa shape index (κ1) is 20.1. The molecule has 0 saturated heterocycles. The van der Waals surface area contributed by atoms with E-state index in [0.29, 0.717) is 22.5 Å². The lowest BCUT2D eigenvalue weighted by Crippen LogP contribution is -2.13. The van der Waals surface area contributed by atoms with Crippen LogP contribution in [0.15, 0.2) is 98.7 Å². The van der Waals surface area contributed by atoms with Crippen LogP contribution >= 0.6 is 11.3 Å². The number of thiophene rings is 1. The van der Waals surface area contributed by atoms with Crippen molar-refractivity contribution in [1.82, 2.24) is 15.2 Å². The van der Waals surface area contributed by atoms with E-state index in [4.69, 9.17) is 13.8 Å². The van der Waals surface area contributed by atoms with Crippen molar-refractivity contribution >= 4 is 34.2 Å². The van der Waals surface area contributed by atoms with Crippen LogP contribution in [0, 0.1) is 0 Å². The topological polar surface area (TPSA) is 94.1 Å². The molecule has 0 aliphatic carbocycles. The Hall–Kier alpha value is -4.56. The van der Waals surface area contributed by atoms with Crippen LogP contribution in [0.25, 0.3) is 44.9 Å². The van der Waals surface area contributed by atoms with Crippen LogP contribution in [-0.2, 0) is 0 Å². The molecule has 0 aliphatic rings. The van der Waals surface area contributed by atoms with Crippen molar-refractivity contribution in [3.8, 4) is 34.0 Å². The van der Waals surface area contributed by atoms with Crippen molar-refractivity contribution < 1.29 is 13.6 Å². The third-order valence-corrected chi connectivity index (χ3v) is 6.04. The summed E-state index contributed by atoms with van der Waals surface area (Å²) in [6.07, 6.45) is 1.51. The fourth-order valence-electron chi connectivity index (χ4n) is 3.72. The van der Waals surface area contributed by atoms with Crippen molar-refractivity contribution in [3.63, 3.8) is 0 Å². The van der Waals surface area contributed by atoms with Crippen molar-refractivity contribution in [2.75, 3.05) is 5.32 Å². The number of hydrogen-bond donors (Lipinski definition) is 1. The summed E-state index contributed by atoms with van der Waals surface area (Å²) < 4.78 is 10.8. The highest BCUT2D eigenvalue weighted by Gasteiger charge is 2.18. The fraction of sp³-hybridized carbons (Fsp3) is 0. The second-order valence-corrected chi connectivity index (χ2v) is 8.29. The number of hydrogen-bond acceptors (Lipinski definition) is 7. The van der Waals surface area contributed by atoms with Crippen molar-refractivity contribution in [2.45, 2.75) is 0 Å². The normalized spacial score (nSPS) is 11.1. The van der Waals surface area contributed by atoms with Gasteiger partial charge in [-0.1, -0.05) is 41.5 Å². The molecule has 7 nitrogen and oxygen atoms in total. The molecule has 4 aromatic heterocycles. The number of nitrogens with zero attached hydrogens (tertiary/aromatic N) is 3. The van der Waals surface area contributed by atoms with Crippen LogP contribution < -0.4 is 5.32 Å². The second kappa shape index (κ2) is 8.42. The standard InChI is InChI=1S/C26H16N4O3S/c31-24(28-26-30-29-25(33-26)23-7-4-11-32-23)20-14-22(16-5-2-1-3-6-16)27-21-9-8-17(13-19(20)21)18-10-12-34-15-18/h1-15H,(H,28,30,31). The Kier molecular flexibility index (Phi) is 4.97. The number of benzene rings is 2. The lowest BCUT2D eigenvalue weighted by atomic mass is 10.00. The lowest BCUT2D eigenvalue weighted by Gasteiger charge is -2.11. The van der Waals surface area contributed by atoms with Crippen molar-refractivity contribution in [3.05, 3.63) is 95.4 Å². The maximum absolute atomic E-state index is 13.4. The molecule has 0 spiro atoms.